The van der Waals surface area contributed by atoms with E-state index in [1.165, 1.54) is 16.4 Å². The van der Waals surface area contributed by atoms with Crippen LogP contribution in [0.4, 0.5) is 0 Å². The molecule has 0 saturated carbocycles. The summed E-state index contributed by atoms with van der Waals surface area (Å²) in [4.78, 5) is 12.2. The standard InChI is InChI=1S/C6H7NO3S/c8-5-4-6-7(5)2-1-3-11(6,9)10/h1,3,6H,2,4H2/t6-/m0/s1. The van der Waals surface area contributed by atoms with Gasteiger partial charge in [0.25, 0.3) is 0 Å². The normalized spacial score (nSPS) is 32.9. The topological polar surface area (TPSA) is 54.5 Å². The maximum absolute atomic E-state index is 11.1. The maximum Gasteiger partial charge on any atom is 0.227 e. The van der Waals surface area contributed by atoms with Crippen molar-refractivity contribution in [1.82, 2.24) is 4.90 Å². The lowest BCUT2D eigenvalue weighted by molar-refractivity contribution is -0.141. The highest BCUT2D eigenvalue weighted by Crippen LogP contribution is 2.27. The van der Waals surface area contributed by atoms with Crippen LogP contribution in [0.3, 0.4) is 0 Å². The minimum absolute atomic E-state index is 0.0667. The van der Waals surface area contributed by atoms with Crippen LogP contribution in [0.15, 0.2) is 11.5 Å². The summed E-state index contributed by atoms with van der Waals surface area (Å²) in [5.41, 5.74) is 0. The number of β-lactam (4-membered cyclic amide) rings is 1. The maximum atomic E-state index is 11.1. The molecule has 0 spiro atoms. The van der Waals surface area contributed by atoms with E-state index < -0.39 is 15.2 Å². The van der Waals surface area contributed by atoms with E-state index in [4.69, 9.17) is 0 Å². The molecule has 2 rings (SSSR count). The zero-order valence-corrected chi connectivity index (χ0v) is 6.54. The van der Waals surface area contributed by atoms with Crippen LogP contribution in [0.1, 0.15) is 6.42 Å². The summed E-state index contributed by atoms with van der Waals surface area (Å²) in [6.45, 7) is 0.447. The number of rotatable bonds is 0. The Morgan fingerprint density at radius 1 is 1.55 bits per heavy atom. The van der Waals surface area contributed by atoms with Crippen LogP contribution in [0.5, 0.6) is 0 Å². The average molecular weight is 173 g/mol. The lowest BCUT2D eigenvalue weighted by Crippen LogP contribution is -2.57. The quantitative estimate of drug-likeness (QED) is 0.463. The Labute approximate surface area is 64.4 Å². The molecule has 0 unspecified atom stereocenters. The first-order valence-electron chi connectivity index (χ1n) is 3.31. The van der Waals surface area contributed by atoms with Crippen LogP contribution in [-0.2, 0) is 14.6 Å². The Morgan fingerprint density at radius 2 is 2.27 bits per heavy atom. The molecule has 2 aliphatic heterocycles. The molecule has 11 heavy (non-hydrogen) atoms. The summed E-state index contributed by atoms with van der Waals surface area (Å²) in [7, 11) is -3.13. The molecule has 2 aliphatic rings. The molecular weight excluding hydrogens is 166 g/mol. The largest absolute Gasteiger partial charge is 0.321 e. The molecule has 60 valence electrons. The smallest absolute Gasteiger partial charge is 0.227 e. The molecule has 0 radical (unpaired) electrons. The average Bonchev–Trinajstić information content (AvgIpc) is 1.91. The summed E-state index contributed by atoms with van der Waals surface area (Å²) in [5.74, 6) is -0.0667. The van der Waals surface area contributed by atoms with Gasteiger partial charge in [0.2, 0.25) is 5.91 Å². The second kappa shape index (κ2) is 1.85. The van der Waals surface area contributed by atoms with E-state index in [0.29, 0.717) is 6.54 Å². The number of amides is 1. The molecule has 0 aromatic heterocycles. The van der Waals surface area contributed by atoms with E-state index in [1.807, 2.05) is 0 Å². The molecule has 1 atom stereocenters. The van der Waals surface area contributed by atoms with Crippen molar-refractivity contribution in [2.75, 3.05) is 6.54 Å². The molecule has 1 fully saturated rings. The fraction of sp³-hybridized carbons (Fsp3) is 0.500. The van der Waals surface area contributed by atoms with Gasteiger partial charge in [0.05, 0.1) is 6.42 Å². The zero-order chi connectivity index (χ0) is 8.06. The van der Waals surface area contributed by atoms with Crippen molar-refractivity contribution >= 4 is 15.7 Å². The molecule has 0 aliphatic carbocycles. The van der Waals surface area contributed by atoms with E-state index in [-0.39, 0.29) is 12.3 Å². The number of carbonyl (C=O) groups excluding carboxylic acids is 1. The second-order valence-corrected chi connectivity index (χ2v) is 4.66. The van der Waals surface area contributed by atoms with Crippen LogP contribution < -0.4 is 0 Å². The SMILES string of the molecule is O=C1C[C@H]2N1CC=CS2(=O)=O. The first kappa shape index (κ1) is 6.84. The zero-order valence-electron chi connectivity index (χ0n) is 5.73. The van der Waals surface area contributed by atoms with Crippen molar-refractivity contribution in [3.8, 4) is 0 Å². The molecule has 0 aromatic carbocycles. The van der Waals surface area contributed by atoms with Crippen molar-refractivity contribution in [1.29, 1.82) is 0 Å². The van der Waals surface area contributed by atoms with E-state index in [2.05, 4.69) is 0 Å². The Kier molecular flexibility index (Phi) is 1.15. The molecule has 4 nitrogen and oxygen atoms in total. The van der Waals surface area contributed by atoms with Crippen molar-refractivity contribution < 1.29 is 13.2 Å². The van der Waals surface area contributed by atoms with Crippen LogP contribution in [0.25, 0.3) is 0 Å². The van der Waals surface area contributed by atoms with Crippen LogP contribution in [0, 0.1) is 0 Å². The summed E-state index contributed by atoms with van der Waals surface area (Å²) in [5, 5.41) is 0.639. The first-order chi connectivity index (χ1) is 5.11. The minimum Gasteiger partial charge on any atom is -0.321 e. The number of hydrogen-bond donors (Lipinski definition) is 0. The van der Waals surface area contributed by atoms with E-state index in [0.717, 1.165) is 0 Å². The van der Waals surface area contributed by atoms with Crippen LogP contribution in [0.2, 0.25) is 0 Å². The summed E-state index contributed by atoms with van der Waals surface area (Å²) < 4.78 is 22.2. The molecule has 0 aromatic rings. The minimum atomic E-state index is -3.13. The van der Waals surface area contributed by atoms with Gasteiger partial charge in [-0.25, -0.2) is 8.42 Å². The summed E-state index contributed by atoms with van der Waals surface area (Å²) in [6, 6.07) is 0. The van der Waals surface area contributed by atoms with Gasteiger partial charge in [-0.3, -0.25) is 4.79 Å². The number of carbonyl (C=O) groups is 1. The molecule has 0 bridgehead atoms. The molecule has 0 N–H and O–H groups in total. The third kappa shape index (κ3) is 0.805. The van der Waals surface area contributed by atoms with Crippen molar-refractivity contribution in [3.05, 3.63) is 11.5 Å². The van der Waals surface area contributed by atoms with E-state index in [1.54, 1.807) is 0 Å². The molecule has 2 heterocycles. The highest BCUT2D eigenvalue weighted by Gasteiger charge is 2.44. The van der Waals surface area contributed by atoms with Crippen molar-refractivity contribution in [3.63, 3.8) is 0 Å². The number of fused-ring (bicyclic) bond motifs is 1. The van der Waals surface area contributed by atoms with Crippen LogP contribution >= 0.6 is 0 Å². The van der Waals surface area contributed by atoms with Gasteiger partial charge >= 0.3 is 0 Å². The predicted molar refractivity (Wildman–Crippen MR) is 38.2 cm³/mol. The Morgan fingerprint density at radius 3 is 2.82 bits per heavy atom. The third-order valence-corrected chi connectivity index (χ3v) is 3.74. The lowest BCUT2D eigenvalue weighted by atomic mass is 10.2. The molecule has 1 amide bonds. The number of sulfone groups is 1. The van der Waals surface area contributed by atoms with Gasteiger partial charge in [-0.15, -0.1) is 0 Å². The molecule has 1 saturated heterocycles. The highest BCUT2D eigenvalue weighted by atomic mass is 32.2. The summed E-state index contributed by atoms with van der Waals surface area (Å²) in [6.07, 6.45) is 1.66. The second-order valence-electron chi connectivity index (χ2n) is 2.67. The summed E-state index contributed by atoms with van der Waals surface area (Å²) >= 11 is 0. The van der Waals surface area contributed by atoms with E-state index in [9.17, 15) is 13.2 Å². The number of nitrogens with zero attached hydrogens (tertiary/aromatic N) is 1. The lowest BCUT2D eigenvalue weighted by Gasteiger charge is -2.40. The fourth-order valence-corrected chi connectivity index (χ4v) is 2.79. The van der Waals surface area contributed by atoms with Gasteiger partial charge in [-0.05, 0) is 0 Å². The van der Waals surface area contributed by atoms with Gasteiger partial charge in [0.15, 0.2) is 9.84 Å². The Hall–Kier alpha value is -0.840. The van der Waals surface area contributed by atoms with Crippen molar-refractivity contribution in [2.45, 2.75) is 11.8 Å². The number of hydrogen-bond acceptors (Lipinski definition) is 3. The fourth-order valence-electron chi connectivity index (χ4n) is 1.32. The third-order valence-electron chi connectivity index (χ3n) is 1.98. The Bertz CT molecular complexity index is 330. The first-order valence-corrected chi connectivity index (χ1v) is 4.92. The molecule has 5 heteroatoms. The predicted octanol–water partition coefficient (Wildman–Crippen LogP) is -0.513. The van der Waals surface area contributed by atoms with Gasteiger partial charge < -0.3 is 4.90 Å². The monoisotopic (exact) mass is 173 g/mol. The van der Waals surface area contributed by atoms with Gasteiger partial charge in [0.1, 0.15) is 5.37 Å². The Balaban J connectivity index is 2.39. The van der Waals surface area contributed by atoms with E-state index >= 15 is 0 Å². The highest BCUT2D eigenvalue weighted by molar-refractivity contribution is 7.95. The van der Waals surface area contributed by atoms with Gasteiger partial charge in [-0.2, -0.15) is 0 Å². The van der Waals surface area contributed by atoms with Gasteiger partial charge in [-0.1, -0.05) is 6.08 Å². The molecular formula is C6H7NO3S. The van der Waals surface area contributed by atoms with Gasteiger partial charge in [0, 0.05) is 12.0 Å². The van der Waals surface area contributed by atoms with Crippen molar-refractivity contribution in [2.24, 2.45) is 0 Å². The van der Waals surface area contributed by atoms with Crippen LogP contribution in [-0.4, -0.2) is 31.1 Å².